The molecule has 4 nitrogen and oxygen atoms in total. The number of nitrogens with zero attached hydrogens (tertiary/aromatic N) is 1. The molecule has 0 aromatic heterocycles. The molecule has 1 saturated heterocycles. The van der Waals surface area contributed by atoms with Gasteiger partial charge >= 0.3 is 12.3 Å². The fourth-order valence-corrected chi connectivity index (χ4v) is 2.69. The zero-order valence-corrected chi connectivity index (χ0v) is 13.0. The highest BCUT2D eigenvalue weighted by atomic mass is 19.3. The first-order chi connectivity index (χ1) is 11.3. The Bertz CT molecular complexity index is 534. The summed E-state index contributed by atoms with van der Waals surface area (Å²) < 4.78 is 50.6. The first-order valence-corrected chi connectivity index (χ1v) is 7.72. The maximum atomic E-state index is 13.1. The van der Waals surface area contributed by atoms with Gasteiger partial charge in [0, 0.05) is 13.1 Å². The lowest BCUT2D eigenvalue weighted by Gasteiger charge is -2.35. The Labute approximate surface area is 137 Å². The van der Waals surface area contributed by atoms with Crippen LogP contribution >= 0.6 is 0 Å². The standard InChI is InChI=1S/C16H20F4N2O2/c17-15(18)16(19,20)10-21-14(24)13(11-4-2-1-3-5-11)22-8-6-12(23)7-9-22/h1-5,12-13,15,23H,6-10H2,(H,21,24). The van der Waals surface area contributed by atoms with Gasteiger partial charge in [0.2, 0.25) is 5.91 Å². The van der Waals surface area contributed by atoms with Crippen LogP contribution in [-0.4, -0.2) is 54.0 Å². The Hall–Kier alpha value is -1.67. The summed E-state index contributed by atoms with van der Waals surface area (Å²) in [4.78, 5) is 14.2. The molecule has 1 fully saturated rings. The number of rotatable bonds is 6. The first-order valence-electron chi connectivity index (χ1n) is 7.72. The lowest BCUT2D eigenvalue weighted by atomic mass is 10.00. The van der Waals surface area contributed by atoms with E-state index in [9.17, 15) is 27.5 Å². The molecule has 2 rings (SSSR count). The maximum Gasteiger partial charge on any atom is 0.324 e. The van der Waals surface area contributed by atoms with Gasteiger partial charge in [0.1, 0.15) is 6.04 Å². The first kappa shape index (κ1) is 18.7. The van der Waals surface area contributed by atoms with E-state index in [0.717, 1.165) is 0 Å². The molecular formula is C16H20F4N2O2. The van der Waals surface area contributed by atoms with Crippen LogP contribution in [0.25, 0.3) is 0 Å². The lowest BCUT2D eigenvalue weighted by Crippen LogP contribution is -2.48. The van der Waals surface area contributed by atoms with E-state index in [1.165, 1.54) is 0 Å². The predicted molar refractivity (Wildman–Crippen MR) is 80.0 cm³/mol. The lowest BCUT2D eigenvalue weighted by molar-refractivity contribution is -0.140. The highest BCUT2D eigenvalue weighted by Gasteiger charge is 2.42. The number of nitrogens with one attached hydrogen (secondary N) is 1. The van der Waals surface area contributed by atoms with Gasteiger partial charge in [-0.3, -0.25) is 9.69 Å². The number of benzene rings is 1. The van der Waals surface area contributed by atoms with Gasteiger partial charge in [-0.1, -0.05) is 30.3 Å². The van der Waals surface area contributed by atoms with Crippen molar-refractivity contribution in [1.82, 2.24) is 10.2 Å². The minimum atomic E-state index is -4.27. The second-order valence-electron chi connectivity index (χ2n) is 5.86. The van der Waals surface area contributed by atoms with Crippen LogP contribution in [0.4, 0.5) is 17.6 Å². The van der Waals surface area contributed by atoms with Crippen molar-refractivity contribution < 1.29 is 27.5 Å². The van der Waals surface area contributed by atoms with Crippen LogP contribution in [0.1, 0.15) is 24.4 Å². The van der Waals surface area contributed by atoms with Gasteiger partial charge in [-0.25, -0.2) is 8.78 Å². The molecule has 1 amide bonds. The zero-order valence-electron chi connectivity index (χ0n) is 13.0. The smallest absolute Gasteiger partial charge is 0.324 e. The number of aliphatic hydroxyl groups is 1. The van der Waals surface area contributed by atoms with Gasteiger partial charge in [0.05, 0.1) is 12.6 Å². The molecule has 24 heavy (non-hydrogen) atoms. The Morgan fingerprint density at radius 1 is 1.25 bits per heavy atom. The molecule has 1 aliphatic heterocycles. The third kappa shape index (κ3) is 4.67. The van der Waals surface area contributed by atoms with Crippen molar-refractivity contribution in [2.24, 2.45) is 0 Å². The molecule has 1 unspecified atom stereocenters. The summed E-state index contributed by atoms with van der Waals surface area (Å²) >= 11 is 0. The zero-order chi connectivity index (χ0) is 17.7. The van der Waals surface area contributed by atoms with E-state index in [2.05, 4.69) is 0 Å². The average molecular weight is 348 g/mol. The molecule has 1 aromatic carbocycles. The summed E-state index contributed by atoms with van der Waals surface area (Å²) in [5.74, 6) is -5.02. The third-order valence-electron chi connectivity index (χ3n) is 4.05. The number of likely N-dealkylation sites (tertiary alicyclic amines) is 1. The van der Waals surface area contributed by atoms with Crippen molar-refractivity contribution in [1.29, 1.82) is 0 Å². The van der Waals surface area contributed by atoms with E-state index in [4.69, 9.17) is 0 Å². The van der Waals surface area contributed by atoms with Crippen LogP contribution in [0.3, 0.4) is 0 Å². The number of amides is 1. The van der Waals surface area contributed by atoms with Crippen molar-refractivity contribution in [3.05, 3.63) is 35.9 Å². The molecule has 1 aliphatic rings. The van der Waals surface area contributed by atoms with Gasteiger partial charge < -0.3 is 10.4 Å². The summed E-state index contributed by atoms with van der Waals surface area (Å²) in [6.07, 6.45) is -3.37. The van der Waals surface area contributed by atoms with E-state index in [1.807, 2.05) is 5.32 Å². The summed E-state index contributed by atoms with van der Waals surface area (Å²) in [5, 5.41) is 11.5. The van der Waals surface area contributed by atoms with Gasteiger partial charge in [-0.05, 0) is 18.4 Å². The fourth-order valence-electron chi connectivity index (χ4n) is 2.69. The topological polar surface area (TPSA) is 52.6 Å². The van der Waals surface area contributed by atoms with Crippen LogP contribution in [0, 0.1) is 0 Å². The number of halogens is 4. The third-order valence-corrected chi connectivity index (χ3v) is 4.05. The molecule has 0 aliphatic carbocycles. The molecular weight excluding hydrogens is 328 g/mol. The average Bonchev–Trinajstić information content (AvgIpc) is 2.56. The molecule has 1 heterocycles. The number of carbonyl (C=O) groups is 1. The second kappa shape index (κ2) is 7.94. The van der Waals surface area contributed by atoms with Crippen LogP contribution in [0.5, 0.6) is 0 Å². The summed E-state index contributed by atoms with van der Waals surface area (Å²) in [6, 6.07) is 7.68. The minimum Gasteiger partial charge on any atom is -0.393 e. The Kier molecular flexibility index (Phi) is 6.17. The second-order valence-corrected chi connectivity index (χ2v) is 5.86. The van der Waals surface area contributed by atoms with Crippen LogP contribution < -0.4 is 5.32 Å². The van der Waals surface area contributed by atoms with E-state index in [0.29, 0.717) is 31.5 Å². The van der Waals surface area contributed by atoms with Crippen LogP contribution in [-0.2, 0) is 4.79 Å². The molecule has 2 N–H and O–H groups in total. The molecule has 1 atom stereocenters. The number of hydrogen-bond donors (Lipinski definition) is 2. The SMILES string of the molecule is O=C(NCC(F)(F)C(F)F)C(c1ccccc1)N1CCC(O)CC1. The van der Waals surface area contributed by atoms with Gasteiger partial charge in [-0.2, -0.15) is 8.78 Å². The Morgan fingerprint density at radius 3 is 2.38 bits per heavy atom. The summed E-state index contributed by atoms with van der Waals surface area (Å²) in [5.41, 5.74) is 0.590. The number of aliphatic hydroxyl groups excluding tert-OH is 1. The van der Waals surface area contributed by atoms with Crippen molar-refractivity contribution >= 4 is 5.91 Å². The van der Waals surface area contributed by atoms with Crippen molar-refractivity contribution in [3.63, 3.8) is 0 Å². The number of carbonyl (C=O) groups excluding carboxylic acids is 1. The van der Waals surface area contributed by atoms with Crippen molar-refractivity contribution in [2.75, 3.05) is 19.6 Å². The molecule has 1 aromatic rings. The van der Waals surface area contributed by atoms with E-state index in [1.54, 1.807) is 35.2 Å². The van der Waals surface area contributed by atoms with Gasteiger partial charge in [0.25, 0.3) is 0 Å². The monoisotopic (exact) mass is 348 g/mol. The highest BCUT2D eigenvalue weighted by molar-refractivity contribution is 5.83. The van der Waals surface area contributed by atoms with Crippen molar-refractivity contribution in [2.45, 2.75) is 37.3 Å². The van der Waals surface area contributed by atoms with E-state index >= 15 is 0 Å². The fraction of sp³-hybridized carbons (Fsp3) is 0.562. The van der Waals surface area contributed by atoms with Gasteiger partial charge in [-0.15, -0.1) is 0 Å². The van der Waals surface area contributed by atoms with Crippen LogP contribution in [0.15, 0.2) is 30.3 Å². The molecule has 0 saturated carbocycles. The molecule has 0 spiro atoms. The largest absolute Gasteiger partial charge is 0.393 e. The molecule has 0 radical (unpaired) electrons. The predicted octanol–water partition coefficient (Wildman–Crippen LogP) is 2.20. The Morgan fingerprint density at radius 2 is 1.83 bits per heavy atom. The number of piperidine rings is 1. The number of alkyl halides is 4. The van der Waals surface area contributed by atoms with E-state index < -0.39 is 36.9 Å². The maximum absolute atomic E-state index is 13.1. The Balaban J connectivity index is 2.12. The normalized spacial score (nSPS) is 18.6. The van der Waals surface area contributed by atoms with Crippen LogP contribution in [0.2, 0.25) is 0 Å². The van der Waals surface area contributed by atoms with Crippen molar-refractivity contribution in [3.8, 4) is 0 Å². The van der Waals surface area contributed by atoms with E-state index in [-0.39, 0.29) is 0 Å². The molecule has 0 bridgehead atoms. The summed E-state index contributed by atoms with van der Waals surface area (Å²) in [6.45, 7) is -0.581. The molecule has 134 valence electrons. The summed E-state index contributed by atoms with van der Waals surface area (Å²) in [7, 11) is 0. The minimum absolute atomic E-state index is 0.416. The quantitative estimate of drug-likeness (QED) is 0.775. The highest BCUT2D eigenvalue weighted by Crippen LogP contribution is 2.26. The molecule has 8 heteroatoms. The number of hydrogen-bond acceptors (Lipinski definition) is 3. The van der Waals surface area contributed by atoms with Gasteiger partial charge in [0.15, 0.2) is 0 Å².